The normalized spacial score (nSPS) is 24.2. The molecule has 1 aromatic heterocycles. The highest BCUT2D eigenvalue weighted by Crippen LogP contribution is 2.25. The fraction of sp³-hybridized carbons (Fsp3) is 0.692. The van der Waals surface area contributed by atoms with Crippen molar-refractivity contribution in [2.75, 3.05) is 12.4 Å². The van der Waals surface area contributed by atoms with E-state index >= 15 is 0 Å². The fourth-order valence-electron chi connectivity index (χ4n) is 2.33. The zero-order chi connectivity index (χ0) is 12.3. The van der Waals surface area contributed by atoms with Crippen molar-refractivity contribution in [1.29, 1.82) is 0 Å². The van der Waals surface area contributed by atoms with Gasteiger partial charge < -0.3 is 10.1 Å². The molecule has 0 aromatic carbocycles. The van der Waals surface area contributed by atoms with E-state index in [-0.39, 0.29) is 0 Å². The second kappa shape index (κ2) is 5.45. The molecule has 0 saturated heterocycles. The first-order valence-electron chi connectivity index (χ1n) is 6.32. The third-order valence-corrected chi connectivity index (χ3v) is 3.37. The molecule has 1 aromatic rings. The molecular weight excluding hydrogens is 214 g/mol. The van der Waals surface area contributed by atoms with Crippen LogP contribution >= 0.6 is 0 Å². The van der Waals surface area contributed by atoms with Crippen molar-refractivity contribution in [2.45, 2.75) is 51.2 Å². The number of hydrogen-bond acceptors (Lipinski definition) is 4. The van der Waals surface area contributed by atoms with E-state index in [1.807, 2.05) is 6.07 Å². The summed E-state index contributed by atoms with van der Waals surface area (Å²) in [6.07, 6.45) is 5.45. The van der Waals surface area contributed by atoms with Gasteiger partial charge in [-0.25, -0.2) is 9.97 Å². The molecule has 17 heavy (non-hydrogen) atoms. The first-order valence-corrected chi connectivity index (χ1v) is 6.32. The molecule has 4 heteroatoms. The van der Waals surface area contributed by atoms with Crippen LogP contribution < -0.4 is 5.32 Å². The summed E-state index contributed by atoms with van der Waals surface area (Å²) < 4.78 is 5.47. The standard InChI is InChI=1S/C13H21N3O/c1-9(2)11-7-13(15-8-14-11)16-10-5-4-6-12(10)17-3/h7-10,12H,4-6H2,1-3H3,(H,14,15,16). The Hall–Kier alpha value is -1.16. The van der Waals surface area contributed by atoms with Crippen molar-refractivity contribution < 1.29 is 4.74 Å². The van der Waals surface area contributed by atoms with Gasteiger partial charge in [0.15, 0.2) is 0 Å². The molecule has 0 bridgehead atoms. The molecule has 0 amide bonds. The molecule has 1 fully saturated rings. The molecule has 1 N–H and O–H groups in total. The molecule has 2 atom stereocenters. The Morgan fingerprint density at radius 1 is 1.35 bits per heavy atom. The first-order chi connectivity index (χ1) is 8.20. The van der Waals surface area contributed by atoms with Crippen molar-refractivity contribution in [1.82, 2.24) is 9.97 Å². The summed E-state index contributed by atoms with van der Waals surface area (Å²) >= 11 is 0. The highest BCUT2D eigenvalue weighted by molar-refractivity contribution is 5.37. The SMILES string of the molecule is COC1CCCC1Nc1cc(C(C)C)ncn1. The van der Waals surface area contributed by atoms with Gasteiger partial charge in [0.05, 0.1) is 12.1 Å². The van der Waals surface area contributed by atoms with Gasteiger partial charge in [-0.05, 0) is 25.2 Å². The van der Waals surface area contributed by atoms with Crippen LogP contribution in [0.4, 0.5) is 5.82 Å². The van der Waals surface area contributed by atoms with Crippen molar-refractivity contribution in [3.05, 3.63) is 18.1 Å². The minimum Gasteiger partial charge on any atom is -0.379 e. The Labute approximate surface area is 103 Å². The molecule has 0 aliphatic heterocycles. The maximum atomic E-state index is 5.47. The van der Waals surface area contributed by atoms with E-state index < -0.39 is 0 Å². The molecule has 1 heterocycles. The molecule has 4 nitrogen and oxygen atoms in total. The molecule has 0 spiro atoms. The number of methoxy groups -OCH3 is 1. The number of anilines is 1. The van der Waals surface area contributed by atoms with E-state index in [4.69, 9.17) is 4.74 Å². The minimum atomic E-state index is 0.312. The summed E-state index contributed by atoms with van der Waals surface area (Å²) in [5, 5.41) is 3.46. The molecule has 2 rings (SSSR count). The average molecular weight is 235 g/mol. The van der Waals surface area contributed by atoms with Gasteiger partial charge in [-0.1, -0.05) is 13.8 Å². The predicted octanol–water partition coefficient (Wildman–Crippen LogP) is 2.58. The van der Waals surface area contributed by atoms with E-state index in [1.54, 1.807) is 13.4 Å². The Kier molecular flexibility index (Phi) is 3.94. The molecule has 1 saturated carbocycles. The third kappa shape index (κ3) is 2.94. The van der Waals surface area contributed by atoms with Crippen LogP contribution in [0, 0.1) is 0 Å². The van der Waals surface area contributed by atoms with Crippen LogP contribution in [0.5, 0.6) is 0 Å². The van der Waals surface area contributed by atoms with Crippen molar-refractivity contribution in [3.8, 4) is 0 Å². The van der Waals surface area contributed by atoms with Crippen LogP contribution in [0.1, 0.15) is 44.7 Å². The van der Waals surface area contributed by atoms with Gasteiger partial charge >= 0.3 is 0 Å². The van der Waals surface area contributed by atoms with Crippen LogP contribution in [-0.4, -0.2) is 29.2 Å². The summed E-state index contributed by atoms with van der Waals surface area (Å²) in [5.74, 6) is 1.35. The lowest BCUT2D eigenvalue weighted by Crippen LogP contribution is -2.30. The summed E-state index contributed by atoms with van der Waals surface area (Å²) in [6.45, 7) is 4.28. The summed E-state index contributed by atoms with van der Waals surface area (Å²) in [6, 6.07) is 2.42. The lowest BCUT2D eigenvalue weighted by atomic mass is 10.1. The lowest BCUT2D eigenvalue weighted by molar-refractivity contribution is 0.101. The lowest BCUT2D eigenvalue weighted by Gasteiger charge is -2.20. The maximum Gasteiger partial charge on any atom is 0.129 e. The number of ether oxygens (including phenoxy) is 1. The van der Waals surface area contributed by atoms with E-state index in [0.717, 1.165) is 24.4 Å². The molecule has 1 aliphatic rings. The van der Waals surface area contributed by atoms with Gasteiger partial charge in [0.1, 0.15) is 12.1 Å². The zero-order valence-electron chi connectivity index (χ0n) is 10.8. The van der Waals surface area contributed by atoms with Gasteiger partial charge in [-0.15, -0.1) is 0 Å². The smallest absolute Gasteiger partial charge is 0.129 e. The van der Waals surface area contributed by atoms with E-state index in [1.165, 1.54) is 6.42 Å². The fourth-order valence-corrected chi connectivity index (χ4v) is 2.33. The Morgan fingerprint density at radius 3 is 2.88 bits per heavy atom. The molecule has 0 radical (unpaired) electrons. The topological polar surface area (TPSA) is 47.0 Å². The Balaban J connectivity index is 2.05. The van der Waals surface area contributed by atoms with Crippen molar-refractivity contribution in [2.24, 2.45) is 0 Å². The van der Waals surface area contributed by atoms with Crippen molar-refractivity contribution in [3.63, 3.8) is 0 Å². The monoisotopic (exact) mass is 235 g/mol. The van der Waals surface area contributed by atoms with Crippen LogP contribution in [0.25, 0.3) is 0 Å². The molecule has 2 unspecified atom stereocenters. The summed E-state index contributed by atoms with van der Waals surface area (Å²) in [4.78, 5) is 8.55. The summed E-state index contributed by atoms with van der Waals surface area (Å²) in [7, 11) is 1.78. The van der Waals surface area contributed by atoms with E-state index in [0.29, 0.717) is 18.1 Å². The quantitative estimate of drug-likeness (QED) is 0.871. The number of rotatable bonds is 4. The van der Waals surface area contributed by atoms with Crippen molar-refractivity contribution >= 4 is 5.82 Å². The second-order valence-electron chi connectivity index (χ2n) is 4.94. The first kappa shape index (κ1) is 12.3. The third-order valence-electron chi connectivity index (χ3n) is 3.37. The molecule has 94 valence electrons. The molecule has 1 aliphatic carbocycles. The Bertz CT molecular complexity index is 367. The Morgan fingerprint density at radius 2 is 2.18 bits per heavy atom. The highest BCUT2D eigenvalue weighted by Gasteiger charge is 2.27. The minimum absolute atomic E-state index is 0.312. The van der Waals surface area contributed by atoms with Gasteiger partial charge in [0.2, 0.25) is 0 Å². The van der Waals surface area contributed by atoms with Crippen LogP contribution in [-0.2, 0) is 4.74 Å². The number of nitrogens with zero attached hydrogens (tertiary/aromatic N) is 2. The van der Waals surface area contributed by atoms with Gasteiger partial charge in [-0.3, -0.25) is 0 Å². The van der Waals surface area contributed by atoms with Gasteiger partial charge in [-0.2, -0.15) is 0 Å². The zero-order valence-corrected chi connectivity index (χ0v) is 10.8. The number of aromatic nitrogens is 2. The number of hydrogen-bond donors (Lipinski definition) is 1. The predicted molar refractivity (Wildman–Crippen MR) is 68.2 cm³/mol. The molecular formula is C13H21N3O. The van der Waals surface area contributed by atoms with Crippen LogP contribution in [0.15, 0.2) is 12.4 Å². The van der Waals surface area contributed by atoms with E-state index in [9.17, 15) is 0 Å². The summed E-state index contributed by atoms with van der Waals surface area (Å²) in [5.41, 5.74) is 1.08. The van der Waals surface area contributed by atoms with Crippen LogP contribution in [0.2, 0.25) is 0 Å². The number of nitrogens with one attached hydrogen (secondary N) is 1. The van der Waals surface area contributed by atoms with E-state index in [2.05, 4.69) is 29.1 Å². The van der Waals surface area contributed by atoms with Gasteiger partial charge in [0, 0.05) is 18.9 Å². The second-order valence-corrected chi connectivity index (χ2v) is 4.94. The highest BCUT2D eigenvalue weighted by atomic mass is 16.5. The maximum absolute atomic E-state index is 5.47. The average Bonchev–Trinajstić information content (AvgIpc) is 2.76. The largest absolute Gasteiger partial charge is 0.379 e. The van der Waals surface area contributed by atoms with Crippen LogP contribution in [0.3, 0.4) is 0 Å². The van der Waals surface area contributed by atoms with Gasteiger partial charge in [0.25, 0.3) is 0 Å².